The molecule has 2 rings (SSSR count). The number of rotatable bonds is 3. The summed E-state index contributed by atoms with van der Waals surface area (Å²) in [5.74, 6) is -0.0861. The third kappa shape index (κ3) is 2.54. The van der Waals surface area contributed by atoms with Crippen molar-refractivity contribution in [1.29, 1.82) is 0 Å². The SMILES string of the molecule is O=C(O)CC1CCN(C(=O)C2CCCC2)C1. The lowest BCUT2D eigenvalue weighted by atomic mass is 10.1. The van der Waals surface area contributed by atoms with Gasteiger partial charge in [-0.15, -0.1) is 0 Å². The standard InChI is InChI=1S/C12H19NO3/c14-11(15)7-9-5-6-13(8-9)12(16)10-3-1-2-4-10/h9-10H,1-8H2,(H,14,15). The molecule has 2 fully saturated rings. The van der Waals surface area contributed by atoms with Gasteiger partial charge in [0.2, 0.25) is 5.91 Å². The number of carbonyl (C=O) groups is 2. The summed E-state index contributed by atoms with van der Waals surface area (Å²) in [4.78, 5) is 24.5. The van der Waals surface area contributed by atoms with E-state index in [0.29, 0.717) is 6.54 Å². The number of amides is 1. The predicted octanol–water partition coefficient (Wildman–Crippen LogP) is 1.50. The van der Waals surface area contributed by atoms with E-state index < -0.39 is 5.97 Å². The maximum atomic E-state index is 12.1. The molecule has 1 heterocycles. The third-order valence-electron chi connectivity index (χ3n) is 3.77. The number of aliphatic carboxylic acids is 1. The van der Waals surface area contributed by atoms with E-state index in [9.17, 15) is 9.59 Å². The smallest absolute Gasteiger partial charge is 0.303 e. The average molecular weight is 225 g/mol. The Morgan fingerprint density at radius 1 is 1.19 bits per heavy atom. The van der Waals surface area contributed by atoms with Crippen LogP contribution < -0.4 is 0 Å². The first-order valence-electron chi connectivity index (χ1n) is 6.17. The summed E-state index contributed by atoms with van der Waals surface area (Å²) in [5.41, 5.74) is 0. The molecule has 0 spiro atoms. The highest BCUT2D eigenvalue weighted by Gasteiger charge is 2.32. The van der Waals surface area contributed by atoms with Gasteiger partial charge in [-0.25, -0.2) is 0 Å². The minimum Gasteiger partial charge on any atom is -0.481 e. The fourth-order valence-corrected chi connectivity index (χ4v) is 2.88. The molecular formula is C12H19NO3. The zero-order chi connectivity index (χ0) is 11.5. The Hall–Kier alpha value is -1.06. The largest absolute Gasteiger partial charge is 0.481 e. The van der Waals surface area contributed by atoms with Crippen LogP contribution in [0.4, 0.5) is 0 Å². The molecule has 4 heteroatoms. The van der Waals surface area contributed by atoms with Gasteiger partial charge in [-0.05, 0) is 25.2 Å². The first-order valence-corrected chi connectivity index (χ1v) is 6.17. The number of hydrogen-bond donors (Lipinski definition) is 1. The van der Waals surface area contributed by atoms with E-state index >= 15 is 0 Å². The van der Waals surface area contributed by atoms with E-state index in [4.69, 9.17) is 5.11 Å². The van der Waals surface area contributed by atoms with Crippen molar-refractivity contribution in [3.63, 3.8) is 0 Å². The molecule has 0 aromatic carbocycles. The van der Waals surface area contributed by atoms with E-state index in [1.165, 1.54) is 12.8 Å². The molecule has 2 aliphatic rings. The molecule has 1 saturated heterocycles. The fraction of sp³-hybridized carbons (Fsp3) is 0.833. The van der Waals surface area contributed by atoms with Gasteiger partial charge in [0.25, 0.3) is 0 Å². The van der Waals surface area contributed by atoms with Gasteiger partial charge in [-0.1, -0.05) is 12.8 Å². The van der Waals surface area contributed by atoms with E-state index in [1.807, 2.05) is 4.90 Å². The van der Waals surface area contributed by atoms with Crippen molar-refractivity contribution in [1.82, 2.24) is 4.90 Å². The van der Waals surface area contributed by atoms with E-state index in [2.05, 4.69) is 0 Å². The summed E-state index contributed by atoms with van der Waals surface area (Å²) < 4.78 is 0. The maximum Gasteiger partial charge on any atom is 0.303 e. The molecule has 0 radical (unpaired) electrons. The topological polar surface area (TPSA) is 57.6 Å². The van der Waals surface area contributed by atoms with Gasteiger partial charge >= 0.3 is 5.97 Å². The van der Waals surface area contributed by atoms with Crippen molar-refractivity contribution in [2.24, 2.45) is 11.8 Å². The van der Waals surface area contributed by atoms with Crippen molar-refractivity contribution in [2.45, 2.75) is 38.5 Å². The summed E-state index contributed by atoms with van der Waals surface area (Å²) in [5, 5.41) is 8.71. The van der Waals surface area contributed by atoms with Gasteiger partial charge in [0.1, 0.15) is 0 Å². The summed E-state index contributed by atoms with van der Waals surface area (Å²) in [6.45, 7) is 1.41. The highest BCUT2D eigenvalue weighted by Crippen LogP contribution is 2.29. The zero-order valence-corrected chi connectivity index (χ0v) is 9.52. The molecule has 90 valence electrons. The Morgan fingerprint density at radius 3 is 2.50 bits per heavy atom. The Balaban J connectivity index is 1.83. The molecule has 4 nitrogen and oxygen atoms in total. The zero-order valence-electron chi connectivity index (χ0n) is 9.52. The van der Waals surface area contributed by atoms with Crippen LogP contribution in [-0.4, -0.2) is 35.0 Å². The van der Waals surface area contributed by atoms with Crippen molar-refractivity contribution in [2.75, 3.05) is 13.1 Å². The summed E-state index contributed by atoms with van der Waals surface area (Å²) in [7, 11) is 0. The Morgan fingerprint density at radius 2 is 1.88 bits per heavy atom. The van der Waals surface area contributed by atoms with Crippen LogP contribution in [0.15, 0.2) is 0 Å². The lowest BCUT2D eigenvalue weighted by Gasteiger charge is -2.20. The normalized spacial score (nSPS) is 26.2. The van der Waals surface area contributed by atoms with Crippen LogP contribution >= 0.6 is 0 Å². The van der Waals surface area contributed by atoms with Crippen LogP contribution in [0.2, 0.25) is 0 Å². The minimum atomic E-state index is -0.750. The molecule has 0 aromatic rings. The number of hydrogen-bond acceptors (Lipinski definition) is 2. The van der Waals surface area contributed by atoms with Crippen molar-refractivity contribution < 1.29 is 14.7 Å². The average Bonchev–Trinajstić information content (AvgIpc) is 2.84. The predicted molar refractivity (Wildman–Crippen MR) is 58.9 cm³/mol. The van der Waals surface area contributed by atoms with E-state index in [0.717, 1.165) is 25.8 Å². The lowest BCUT2D eigenvalue weighted by Crippen LogP contribution is -2.33. The van der Waals surface area contributed by atoms with Crippen molar-refractivity contribution in [3.05, 3.63) is 0 Å². The summed E-state index contributed by atoms with van der Waals surface area (Å²) in [6.07, 6.45) is 5.45. The van der Waals surface area contributed by atoms with Gasteiger partial charge in [-0.2, -0.15) is 0 Å². The second-order valence-corrected chi connectivity index (χ2v) is 5.02. The van der Waals surface area contributed by atoms with Crippen LogP contribution in [0.5, 0.6) is 0 Å². The second kappa shape index (κ2) is 4.85. The molecule has 0 aromatic heterocycles. The molecule has 0 bridgehead atoms. The van der Waals surface area contributed by atoms with Gasteiger partial charge in [0.05, 0.1) is 0 Å². The first kappa shape index (κ1) is 11.4. The number of carbonyl (C=O) groups excluding carboxylic acids is 1. The quantitative estimate of drug-likeness (QED) is 0.791. The molecule has 1 N–H and O–H groups in total. The van der Waals surface area contributed by atoms with E-state index in [-0.39, 0.29) is 24.2 Å². The molecule has 1 unspecified atom stereocenters. The van der Waals surface area contributed by atoms with E-state index in [1.54, 1.807) is 0 Å². The summed E-state index contributed by atoms with van der Waals surface area (Å²) >= 11 is 0. The number of likely N-dealkylation sites (tertiary alicyclic amines) is 1. The molecular weight excluding hydrogens is 206 g/mol. The molecule has 1 amide bonds. The number of carboxylic acids is 1. The fourth-order valence-electron chi connectivity index (χ4n) is 2.88. The molecule has 16 heavy (non-hydrogen) atoms. The minimum absolute atomic E-state index is 0.169. The van der Waals surface area contributed by atoms with Crippen LogP contribution in [0.25, 0.3) is 0 Å². The maximum absolute atomic E-state index is 12.1. The van der Waals surface area contributed by atoms with Gasteiger partial charge in [-0.3, -0.25) is 9.59 Å². The van der Waals surface area contributed by atoms with Crippen LogP contribution in [-0.2, 0) is 9.59 Å². The second-order valence-electron chi connectivity index (χ2n) is 5.02. The Kier molecular flexibility index (Phi) is 3.46. The first-order chi connectivity index (χ1) is 7.66. The monoisotopic (exact) mass is 225 g/mol. The highest BCUT2D eigenvalue weighted by atomic mass is 16.4. The summed E-state index contributed by atoms with van der Waals surface area (Å²) in [6, 6.07) is 0. The molecule has 1 saturated carbocycles. The Bertz CT molecular complexity index is 284. The lowest BCUT2D eigenvalue weighted by molar-refractivity contribution is -0.139. The third-order valence-corrected chi connectivity index (χ3v) is 3.77. The molecule has 1 aliphatic carbocycles. The Labute approximate surface area is 95.6 Å². The van der Waals surface area contributed by atoms with Crippen molar-refractivity contribution in [3.8, 4) is 0 Å². The van der Waals surface area contributed by atoms with Crippen LogP contribution in [0.1, 0.15) is 38.5 Å². The number of nitrogens with zero attached hydrogens (tertiary/aromatic N) is 1. The van der Waals surface area contributed by atoms with Gasteiger partial charge in [0.15, 0.2) is 0 Å². The van der Waals surface area contributed by atoms with Gasteiger partial charge in [0, 0.05) is 25.4 Å². The van der Waals surface area contributed by atoms with Gasteiger partial charge < -0.3 is 10.0 Å². The molecule has 1 aliphatic heterocycles. The highest BCUT2D eigenvalue weighted by molar-refractivity contribution is 5.79. The molecule has 1 atom stereocenters. The van der Waals surface area contributed by atoms with Crippen LogP contribution in [0, 0.1) is 11.8 Å². The van der Waals surface area contributed by atoms with Crippen molar-refractivity contribution >= 4 is 11.9 Å². The van der Waals surface area contributed by atoms with Crippen LogP contribution in [0.3, 0.4) is 0 Å². The number of carboxylic acid groups (broad SMARTS) is 1.